The normalized spacial score (nSPS) is 27.6. The van der Waals surface area contributed by atoms with E-state index in [0.717, 1.165) is 45.2 Å². The van der Waals surface area contributed by atoms with E-state index < -0.39 is 5.60 Å². The highest BCUT2D eigenvalue weighted by Crippen LogP contribution is 2.23. The minimum absolute atomic E-state index is 0.110. The zero-order valence-corrected chi connectivity index (χ0v) is 11.9. The molecule has 1 fully saturated rings. The van der Waals surface area contributed by atoms with Gasteiger partial charge in [0.2, 0.25) is 0 Å². The van der Waals surface area contributed by atoms with Crippen LogP contribution in [0, 0.1) is 0 Å². The van der Waals surface area contributed by atoms with Crippen molar-refractivity contribution in [3.63, 3.8) is 0 Å². The van der Waals surface area contributed by atoms with Crippen LogP contribution in [0.15, 0.2) is 0 Å². The van der Waals surface area contributed by atoms with Gasteiger partial charge in [0, 0.05) is 6.54 Å². The van der Waals surface area contributed by atoms with Gasteiger partial charge in [-0.15, -0.1) is 0 Å². The van der Waals surface area contributed by atoms with E-state index >= 15 is 0 Å². The van der Waals surface area contributed by atoms with Crippen LogP contribution in [0.1, 0.15) is 52.9 Å². The number of carbonyl (C=O) groups excluding carboxylic acids is 1. The largest absolute Gasteiger partial charge is 0.465 e. The average Bonchev–Trinajstić information content (AvgIpc) is 2.47. The van der Waals surface area contributed by atoms with E-state index in [1.54, 1.807) is 0 Å². The molecule has 0 amide bonds. The van der Waals surface area contributed by atoms with Crippen LogP contribution in [-0.2, 0) is 9.53 Å². The van der Waals surface area contributed by atoms with Gasteiger partial charge in [-0.3, -0.25) is 9.69 Å². The Kier molecular flexibility index (Phi) is 6.09. The molecule has 0 bridgehead atoms. The quantitative estimate of drug-likeness (QED) is 0.765. The van der Waals surface area contributed by atoms with Crippen LogP contribution in [-0.4, -0.2) is 47.3 Å². The topological polar surface area (TPSA) is 49.8 Å². The van der Waals surface area contributed by atoms with Gasteiger partial charge in [0.15, 0.2) is 0 Å². The van der Waals surface area contributed by atoms with Crippen LogP contribution < -0.4 is 0 Å². The molecule has 1 N–H and O–H groups in total. The molecule has 106 valence electrons. The van der Waals surface area contributed by atoms with Crippen molar-refractivity contribution in [3.05, 3.63) is 0 Å². The Morgan fingerprint density at radius 1 is 1.39 bits per heavy atom. The molecule has 0 aliphatic carbocycles. The minimum Gasteiger partial charge on any atom is -0.465 e. The number of aliphatic hydroxyl groups is 1. The summed E-state index contributed by atoms with van der Waals surface area (Å²) in [6.07, 6.45) is 4.28. The van der Waals surface area contributed by atoms with Gasteiger partial charge >= 0.3 is 5.97 Å². The third-order valence-corrected chi connectivity index (χ3v) is 3.66. The fraction of sp³-hybridized carbons (Fsp3) is 0.929. The van der Waals surface area contributed by atoms with E-state index in [1.165, 1.54) is 0 Å². The Labute approximate surface area is 110 Å². The lowest BCUT2D eigenvalue weighted by molar-refractivity contribution is -0.150. The number of nitrogens with zero attached hydrogens (tertiary/aromatic N) is 1. The number of likely N-dealkylation sites (tertiary alicyclic amines) is 1. The second-order valence-corrected chi connectivity index (χ2v) is 5.44. The van der Waals surface area contributed by atoms with Crippen molar-refractivity contribution in [2.24, 2.45) is 0 Å². The molecule has 0 radical (unpaired) electrons. The van der Waals surface area contributed by atoms with E-state index in [4.69, 9.17) is 4.74 Å². The predicted molar refractivity (Wildman–Crippen MR) is 71.4 cm³/mol. The molecule has 1 aliphatic rings. The van der Waals surface area contributed by atoms with E-state index in [9.17, 15) is 9.90 Å². The van der Waals surface area contributed by atoms with Crippen molar-refractivity contribution in [3.8, 4) is 0 Å². The fourth-order valence-corrected chi connectivity index (χ4v) is 2.56. The number of esters is 1. The van der Waals surface area contributed by atoms with Gasteiger partial charge in [0.05, 0.1) is 12.2 Å². The molecule has 0 aromatic heterocycles. The van der Waals surface area contributed by atoms with Gasteiger partial charge in [-0.25, -0.2) is 0 Å². The van der Waals surface area contributed by atoms with E-state index in [1.807, 2.05) is 13.8 Å². The fourth-order valence-electron chi connectivity index (χ4n) is 2.56. The van der Waals surface area contributed by atoms with Crippen molar-refractivity contribution in [2.75, 3.05) is 19.7 Å². The third-order valence-electron chi connectivity index (χ3n) is 3.66. The molecule has 0 aromatic carbocycles. The summed E-state index contributed by atoms with van der Waals surface area (Å²) in [7, 11) is 0. The lowest BCUT2D eigenvalue weighted by Crippen LogP contribution is -2.43. The number of carbonyl (C=O) groups is 1. The maximum atomic E-state index is 12.0. The van der Waals surface area contributed by atoms with Crippen molar-refractivity contribution in [1.29, 1.82) is 0 Å². The smallest absolute Gasteiger partial charge is 0.323 e. The molecule has 18 heavy (non-hydrogen) atoms. The summed E-state index contributed by atoms with van der Waals surface area (Å²) < 4.78 is 5.16. The van der Waals surface area contributed by atoms with Gasteiger partial charge in [-0.2, -0.15) is 0 Å². The molecule has 1 rings (SSSR count). The van der Waals surface area contributed by atoms with E-state index in [-0.39, 0.29) is 12.0 Å². The molecule has 1 saturated heterocycles. The van der Waals surface area contributed by atoms with Gasteiger partial charge in [0.1, 0.15) is 6.04 Å². The third kappa shape index (κ3) is 4.58. The highest BCUT2D eigenvalue weighted by atomic mass is 16.5. The molecular weight excluding hydrogens is 230 g/mol. The highest BCUT2D eigenvalue weighted by Gasteiger charge is 2.31. The van der Waals surface area contributed by atoms with Crippen molar-refractivity contribution < 1.29 is 14.6 Å². The van der Waals surface area contributed by atoms with Gasteiger partial charge in [0.25, 0.3) is 0 Å². The molecule has 2 atom stereocenters. The molecule has 0 saturated carbocycles. The van der Waals surface area contributed by atoms with Crippen LogP contribution in [0.25, 0.3) is 0 Å². The SMILES string of the molecule is CCCC(C(=O)OCC)N1CCCC(C)(O)CC1. The van der Waals surface area contributed by atoms with Gasteiger partial charge in [-0.05, 0) is 46.1 Å². The first-order valence-corrected chi connectivity index (χ1v) is 7.13. The summed E-state index contributed by atoms with van der Waals surface area (Å²) >= 11 is 0. The highest BCUT2D eigenvalue weighted by molar-refractivity contribution is 5.75. The summed E-state index contributed by atoms with van der Waals surface area (Å²) in [6, 6.07) is -0.135. The minimum atomic E-state index is -0.583. The van der Waals surface area contributed by atoms with Crippen molar-refractivity contribution in [1.82, 2.24) is 4.90 Å². The molecule has 0 spiro atoms. The van der Waals surface area contributed by atoms with Crippen molar-refractivity contribution in [2.45, 2.75) is 64.5 Å². The Balaban J connectivity index is 2.64. The maximum Gasteiger partial charge on any atom is 0.323 e. The lowest BCUT2D eigenvalue weighted by atomic mass is 9.98. The Morgan fingerprint density at radius 3 is 2.72 bits per heavy atom. The first kappa shape index (κ1) is 15.4. The van der Waals surface area contributed by atoms with Crippen LogP contribution in [0.3, 0.4) is 0 Å². The number of ether oxygens (including phenoxy) is 1. The second kappa shape index (κ2) is 7.10. The second-order valence-electron chi connectivity index (χ2n) is 5.44. The van der Waals surface area contributed by atoms with Gasteiger partial charge in [-0.1, -0.05) is 13.3 Å². The van der Waals surface area contributed by atoms with Crippen LogP contribution in [0.5, 0.6) is 0 Å². The Hall–Kier alpha value is -0.610. The summed E-state index contributed by atoms with van der Waals surface area (Å²) in [6.45, 7) is 7.89. The van der Waals surface area contributed by atoms with E-state index in [2.05, 4.69) is 11.8 Å². The summed E-state index contributed by atoms with van der Waals surface area (Å²) in [5, 5.41) is 10.1. The van der Waals surface area contributed by atoms with Crippen LogP contribution in [0.4, 0.5) is 0 Å². The molecular formula is C14H27NO3. The Bertz CT molecular complexity index is 266. The maximum absolute atomic E-state index is 12.0. The zero-order valence-electron chi connectivity index (χ0n) is 11.9. The first-order chi connectivity index (χ1) is 8.50. The molecule has 4 heteroatoms. The number of hydrogen-bond acceptors (Lipinski definition) is 4. The number of rotatable bonds is 5. The Morgan fingerprint density at radius 2 is 2.11 bits per heavy atom. The van der Waals surface area contributed by atoms with Gasteiger partial charge < -0.3 is 9.84 Å². The molecule has 0 aromatic rings. The summed E-state index contributed by atoms with van der Waals surface area (Å²) in [5.41, 5.74) is -0.583. The zero-order chi connectivity index (χ0) is 13.6. The average molecular weight is 257 g/mol. The lowest BCUT2D eigenvalue weighted by Gasteiger charge is -2.29. The monoisotopic (exact) mass is 257 g/mol. The molecule has 2 unspecified atom stereocenters. The van der Waals surface area contributed by atoms with Crippen LogP contribution in [0.2, 0.25) is 0 Å². The standard InChI is InChI=1S/C14H27NO3/c1-4-7-12(13(16)18-5-2)15-10-6-8-14(3,17)9-11-15/h12,17H,4-11H2,1-3H3. The molecule has 1 heterocycles. The van der Waals surface area contributed by atoms with Crippen molar-refractivity contribution >= 4 is 5.97 Å². The molecule has 4 nitrogen and oxygen atoms in total. The molecule has 1 aliphatic heterocycles. The number of hydrogen-bond donors (Lipinski definition) is 1. The van der Waals surface area contributed by atoms with Crippen LogP contribution >= 0.6 is 0 Å². The first-order valence-electron chi connectivity index (χ1n) is 7.13. The van der Waals surface area contributed by atoms with E-state index in [0.29, 0.717) is 6.61 Å². The summed E-state index contributed by atoms with van der Waals surface area (Å²) in [5.74, 6) is -0.110. The summed E-state index contributed by atoms with van der Waals surface area (Å²) in [4.78, 5) is 14.2. The predicted octanol–water partition coefficient (Wildman–Crippen LogP) is 1.96.